The highest BCUT2D eigenvalue weighted by molar-refractivity contribution is 5.91. The minimum Gasteiger partial charge on any atom is -0.344 e. The Balaban J connectivity index is 1.39. The molecule has 0 radical (unpaired) electrons. The molecule has 1 fully saturated rings. The second-order valence-electron chi connectivity index (χ2n) is 8.18. The lowest BCUT2D eigenvalue weighted by Gasteiger charge is -2.28. The van der Waals surface area contributed by atoms with Crippen molar-refractivity contribution in [1.82, 2.24) is 9.47 Å². The van der Waals surface area contributed by atoms with Crippen molar-refractivity contribution in [1.29, 1.82) is 0 Å². The van der Waals surface area contributed by atoms with Gasteiger partial charge >= 0.3 is 12.2 Å². The Morgan fingerprint density at radius 2 is 1.90 bits per heavy atom. The first-order chi connectivity index (χ1) is 14.4. The van der Waals surface area contributed by atoms with Crippen LogP contribution in [0.5, 0.6) is 0 Å². The summed E-state index contributed by atoms with van der Waals surface area (Å²) in [6.07, 6.45) is -1.16. The molecule has 1 N–H and O–H groups in total. The van der Waals surface area contributed by atoms with Gasteiger partial charge in [0.2, 0.25) is 0 Å². The summed E-state index contributed by atoms with van der Waals surface area (Å²) in [5.74, 6) is 0.743. The average Bonchev–Trinajstić information content (AvgIpc) is 3.50. The van der Waals surface area contributed by atoms with Gasteiger partial charge in [-0.1, -0.05) is 24.3 Å². The fourth-order valence-corrected chi connectivity index (χ4v) is 4.32. The number of anilines is 1. The third kappa shape index (κ3) is 3.53. The minimum atomic E-state index is -4.44. The molecular weight excluding hydrogens is 391 g/mol. The lowest BCUT2D eigenvalue weighted by molar-refractivity contribution is -0.137. The smallest absolute Gasteiger partial charge is 0.344 e. The molecule has 1 aliphatic heterocycles. The minimum absolute atomic E-state index is 0.150. The van der Waals surface area contributed by atoms with Crippen molar-refractivity contribution >= 4 is 22.6 Å². The Bertz CT molecular complexity index is 1110. The molecule has 1 saturated carbocycles. The van der Waals surface area contributed by atoms with Crippen LogP contribution >= 0.6 is 0 Å². The fraction of sp³-hybridized carbons (Fsp3) is 0.348. The largest absolute Gasteiger partial charge is 0.416 e. The highest BCUT2D eigenvalue weighted by Gasteiger charge is 2.32. The number of nitrogens with zero attached hydrogens (tertiary/aromatic N) is 2. The van der Waals surface area contributed by atoms with Gasteiger partial charge in [0.25, 0.3) is 0 Å². The predicted octanol–water partition coefficient (Wildman–Crippen LogP) is 5.66. The van der Waals surface area contributed by atoms with Crippen LogP contribution in [0.2, 0.25) is 0 Å². The molecule has 0 spiro atoms. The normalized spacial score (nSPS) is 16.6. The van der Waals surface area contributed by atoms with Crippen LogP contribution in [0, 0.1) is 5.92 Å². The molecule has 3 aromatic rings. The number of halogens is 3. The van der Waals surface area contributed by atoms with E-state index >= 15 is 0 Å². The SMILES string of the molecule is O=C(Nc1cccc(C(F)(F)F)c1)N1CCc2c(c3ccccc3n2CC2CC2)C1. The summed E-state index contributed by atoms with van der Waals surface area (Å²) in [6.45, 7) is 2.02. The van der Waals surface area contributed by atoms with Crippen molar-refractivity contribution in [2.45, 2.75) is 38.5 Å². The number of aromatic nitrogens is 1. The van der Waals surface area contributed by atoms with Crippen LogP contribution in [0.25, 0.3) is 10.9 Å². The van der Waals surface area contributed by atoms with Gasteiger partial charge in [-0.15, -0.1) is 0 Å². The van der Waals surface area contributed by atoms with Gasteiger partial charge in [0.05, 0.1) is 5.56 Å². The van der Waals surface area contributed by atoms with Crippen LogP contribution < -0.4 is 5.32 Å². The van der Waals surface area contributed by atoms with Gasteiger partial charge in [0.15, 0.2) is 0 Å². The van der Waals surface area contributed by atoms with Gasteiger partial charge in [-0.3, -0.25) is 0 Å². The quantitative estimate of drug-likeness (QED) is 0.591. The Kier molecular flexibility index (Phi) is 4.49. The number of benzene rings is 2. The van der Waals surface area contributed by atoms with Crippen LogP contribution in [-0.4, -0.2) is 22.0 Å². The highest BCUT2D eigenvalue weighted by Crippen LogP contribution is 2.37. The number of para-hydroxylation sites is 1. The van der Waals surface area contributed by atoms with E-state index in [1.807, 2.05) is 12.1 Å². The predicted molar refractivity (Wildman–Crippen MR) is 109 cm³/mol. The van der Waals surface area contributed by atoms with E-state index < -0.39 is 11.7 Å². The number of amides is 2. The summed E-state index contributed by atoms with van der Waals surface area (Å²) >= 11 is 0. The van der Waals surface area contributed by atoms with Crippen LogP contribution in [0.3, 0.4) is 0 Å². The van der Waals surface area contributed by atoms with E-state index in [0.717, 1.165) is 42.0 Å². The molecule has 2 heterocycles. The number of carbonyl (C=O) groups is 1. The number of urea groups is 1. The zero-order valence-corrected chi connectivity index (χ0v) is 16.4. The average molecular weight is 413 g/mol. The number of hydrogen-bond donors (Lipinski definition) is 1. The van der Waals surface area contributed by atoms with E-state index in [-0.39, 0.29) is 11.7 Å². The van der Waals surface area contributed by atoms with E-state index in [2.05, 4.69) is 22.0 Å². The number of fused-ring (bicyclic) bond motifs is 3. The summed E-state index contributed by atoms with van der Waals surface area (Å²) in [7, 11) is 0. The fourth-order valence-electron chi connectivity index (χ4n) is 4.32. The van der Waals surface area contributed by atoms with Crippen molar-refractivity contribution in [3.63, 3.8) is 0 Å². The summed E-state index contributed by atoms with van der Waals surface area (Å²) < 4.78 is 41.2. The third-order valence-electron chi connectivity index (χ3n) is 6.03. The Morgan fingerprint density at radius 1 is 1.10 bits per heavy atom. The molecule has 30 heavy (non-hydrogen) atoms. The van der Waals surface area contributed by atoms with Gasteiger partial charge < -0.3 is 14.8 Å². The summed E-state index contributed by atoms with van der Waals surface area (Å²) in [6, 6.07) is 12.6. The maximum Gasteiger partial charge on any atom is 0.416 e. The molecule has 0 unspecified atom stereocenters. The molecule has 0 atom stereocenters. The molecule has 0 bridgehead atoms. The third-order valence-corrected chi connectivity index (χ3v) is 6.03. The van der Waals surface area contributed by atoms with Gasteiger partial charge in [-0.2, -0.15) is 13.2 Å². The van der Waals surface area contributed by atoms with Crippen LogP contribution in [-0.2, 0) is 25.7 Å². The molecule has 5 rings (SSSR count). The number of hydrogen-bond acceptors (Lipinski definition) is 1. The standard InChI is InChI=1S/C23H22F3N3O/c24-23(25,26)16-4-3-5-17(12-16)27-22(30)28-11-10-21-19(14-28)18-6-1-2-7-20(18)29(21)13-15-8-9-15/h1-7,12,15H,8-11,13-14H2,(H,27,30). The zero-order valence-electron chi connectivity index (χ0n) is 16.4. The molecule has 7 heteroatoms. The van der Waals surface area contributed by atoms with E-state index in [9.17, 15) is 18.0 Å². The topological polar surface area (TPSA) is 37.3 Å². The highest BCUT2D eigenvalue weighted by atomic mass is 19.4. The molecule has 1 aliphatic carbocycles. The van der Waals surface area contributed by atoms with Crippen LogP contribution in [0.4, 0.5) is 23.7 Å². The molecule has 2 aliphatic rings. The van der Waals surface area contributed by atoms with Crippen LogP contribution in [0.1, 0.15) is 29.7 Å². The Labute approximate surface area is 172 Å². The van der Waals surface area contributed by atoms with E-state index in [1.165, 1.54) is 36.2 Å². The summed E-state index contributed by atoms with van der Waals surface area (Å²) in [5.41, 5.74) is 3.01. The van der Waals surface area contributed by atoms with Crippen molar-refractivity contribution < 1.29 is 18.0 Å². The molecule has 2 aromatic carbocycles. The first-order valence-electron chi connectivity index (χ1n) is 10.2. The monoisotopic (exact) mass is 413 g/mol. The van der Waals surface area contributed by atoms with E-state index in [1.54, 1.807) is 4.90 Å². The van der Waals surface area contributed by atoms with E-state index in [0.29, 0.717) is 13.1 Å². The summed E-state index contributed by atoms with van der Waals surface area (Å²) in [5, 5.41) is 3.79. The van der Waals surface area contributed by atoms with Gasteiger partial charge in [0, 0.05) is 53.9 Å². The number of carbonyl (C=O) groups excluding carboxylic acids is 1. The van der Waals surface area contributed by atoms with Crippen molar-refractivity contribution in [2.75, 3.05) is 11.9 Å². The van der Waals surface area contributed by atoms with Crippen molar-refractivity contribution in [2.24, 2.45) is 5.92 Å². The molecule has 2 amide bonds. The van der Waals surface area contributed by atoms with Crippen LogP contribution in [0.15, 0.2) is 48.5 Å². The molecule has 1 aromatic heterocycles. The Hall–Kier alpha value is -2.96. The second-order valence-corrected chi connectivity index (χ2v) is 8.18. The maximum atomic E-state index is 12.9. The van der Waals surface area contributed by atoms with Crippen molar-refractivity contribution in [3.8, 4) is 0 Å². The molecule has 4 nitrogen and oxygen atoms in total. The first kappa shape index (κ1) is 19.0. The summed E-state index contributed by atoms with van der Waals surface area (Å²) in [4.78, 5) is 14.5. The van der Waals surface area contributed by atoms with E-state index in [4.69, 9.17) is 0 Å². The van der Waals surface area contributed by atoms with Gasteiger partial charge in [-0.05, 0) is 43.0 Å². The molecule has 156 valence electrons. The number of nitrogens with one attached hydrogen (secondary N) is 1. The van der Waals surface area contributed by atoms with Crippen molar-refractivity contribution in [3.05, 3.63) is 65.4 Å². The van der Waals surface area contributed by atoms with Gasteiger partial charge in [-0.25, -0.2) is 4.79 Å². The molecule has 0 saturated heterocycles. The Morgan fingerprint density at radius 3 is 2.67 bits per heavy atom. The number of alkyl halides is 3. The number of rotatable bonds is 3. The van der Waals surface area contributed by atoms with Gasteiger partial charge in [0.1, 0.15) is 0 Å². The lowest BCUT2D eigenvalue weighted by atomic mass is 10.0. The second kappa shape index (κ2) is 7.07. The first-order valence-corrected chi connectivity index (χ1v) is 10.2. The lowest BCUT2D eigenvalue weighted by Crippen LogP contribution is -2.39. The zero-order chi connectivity index (χ0) is 20.9. The molecular formula is C23H22F3N3O. The maximum absolute atomic E-state index is 12.9.